The third-order valence-corrected chi connectivity index (χ3v) is 5.12. The van der Waals surface area contributed by atoms with Crippen LogP contribution in [0.3, 0.4) is 0 Å². The highest BCUT2D eigenvalue weighted by molar-refractivity contribution is 5.94. The van der Waals surface area contributed by atoms with Gasteiger partial charge in [-0.15, -0.1) is 10.2 Å². The Hall–Kier alpha value is -3.42. The largest absolute Gasteiger partial charge is 0.378 e. The minimum Gasteiger partial charge on any atom is -0.378 e. The molecular formula is C21H25N7O. The fraction of sp³-hybridized carbons (Fsp3) is 0.333. The number of hydrogen-bond acceptors (Lipinski definition) is 6. The topological polar surface area (TPSA) is 70.4 Å². The van der Waals surface area contributed by atoms with E-state index in [0.29, 0.717) is 18.9 Å². The number of aromatic nitrogens is 4. The fourth-order valence-electron chi connectivity index (χ4n) is 3.38. The van der Waals surface area contributed by atoms with Gasteiger partial charge in [0.25, 0.3) is 5.91 Å². The van der Waals surface area contributed by atoms with Gasteiger partial charge in [-0.3, -0.25) is 4.79 Å². The molecule has 29 heavy (non-hydrogen) atoms. The van der Waals surface area contributed by atoms with E-state index in [4.69, 9.17) is 0 Å². The molecule has 0 N–H and O–H groups in total. The van der Waals surface area contributed by atoms with Crippen LogP contribution in [0.4, 0.5) is 11.5 Å². The summed E-state index contributed by atoms with van der Waals surface area (Å²) in [6.07, 6.45) is 1.87. The van der Waals surface area contributed by atoms with Gasteiger partial charge in [0.1, 0.15) is 0 Å². The number of anilines is 2. The molecule has 1 aromatic carbocycles. The molecule has 1 aliphatic rings. The Kier molecular flexibility index (Phi) is 5.16. The molecule has 0 bridgehead atoms. The second-order valence-corrected chi connectivity index (χ2v) is 7.37. The van der Waals surface area contributed by atoms with Crippen LogP contribution in [0.2, 0.25) is 0 Å². The van der Waals surface area contributed by atoms with Crippen LogP contribution in [0.25, 0.3) is 5.82 Å². The molecule has 4 rings (SSSR count). The zero-order valence-electron chi connectivity index (χ0n) is 17.0. The number of hydrogen-bond donors (Lipinski definition) is 0. The predicted octanol–water partition coefficient (Wildman–Crippen LogP) is 2.00. The van der Waals surface area contributed by atoms with Crippen molar-refractivity contribution in [3.63, 3.8) is 0 Å². The van der Waals surface area contributed by atoms with Gasteiger partial charge in [-0.1, -0.05) is 0 Å². The van der Waals surface area contributed by atoms with Gasteiger partial charge in [0.15, 0.2) is 11.6 Å². The van der Waals surface area contributed by atoms with E-state index in [-0.39, 0.29) is 5.91 Å². The van der Waals surface area contributed by atoms with Crippen molar-refractivity contribution in [2.45, 2.75) is 6.92 Å². The van der Waals surface area contributed by atoms with Crippen LogP contribution >= 0.6 is 0 Å². The lowest BCUT2D eigenvalue weighted by Crippen LogP contribution is -2.49. The van der Waals surface area contributed by atoms with E-state index < -0.39 is 0 Å². The van der Waals surface area contributed by atoms with Crippen LogP contribution in [0, 0.1) is 6.92 Å². The number of nitrogens with zero attached hydrogens (tertiary/aromatic N) is 7. The molecule has 1 fully saturated rings. The molecule has 1 aliphatic heterocycles. The quantitative estimate of drug-likeness (QED) is 0.678. The molecular weight excluding hydrogens is 366 g/mol. The minimum absolute atomic E-state index is 0.0745. The number of aryl methyl sites for hydroxylation is 1. The monoisotopic (exact) mass is 391 g/mol. The van der Waals surface area contributed by atoms with Gasteiger partial charge in [0.05, 0.1) is 5.69 Å². The number of rotatable bonds is 4. The molecule has 150 valence electrons. The van der Waals surface area contributed by atoms with E-state index in [1.807, 2.05) is 79.5 Å². The van der Waals surface area contributed by atoms with Gasteiger partial charge in [0, 0.05) is 57.7 Å². The van der Waals surface area contributed by atoms with Crippen LogP contribution in [0.1, 0.15) is 16.1 Å². The summed E-state index contributed by atoms with van der Waals surface area (Å²) in [4.78, 5) is 18.9. The first-order valence-electron chi connectivity index (χ1n) is 9.69. The predicted molar refractivity (Wildman–Crippen MR) is 113 cm³/mol. The lowest BCUT2D eigenvalue weighted by Gasteiger charge is -2.35. The maximum Gasteiger partial charge on any atom is 0.253 e. The summed E-state index contributed by atoms with van der Waals surface area (Å²) in [6.45, 7) is 4.73. The number of piperazine rings is 1. The average Bonchev–Trinajstić information content (AvgIpc) is 3.20. The molecule has 3 aromatic rings. The van der Waals surface area contributed by atoms with Crippen molar-refractivity contribution >= 4 is 17.4 Å². The zero-order chi connectivity index (χ0) is 20.4. The Morgan fingerprint density at radius 3 is 2.10 bits per heavy atom. The molecule has 3 heterocycles. The van der Waals surface area contributed by atoms with Gasteiger partial charge in [0.2, 0.25) is 0 Å². The highest BCUT2D eigenvalue weighted by Crippen LogP contribution is 2.17. The zero-order valence-corrected chi connectivity index (χ0v) is 17.0. The summed E-state index contributed by atoms with van der Waals surface area (Å²) in [5, 5.41) is 13.0. The Labute approximate surface area is 170 Å². The molecule has 1 amide bonds. The Morgan fingerprint density at radius 1 is 0.897 bits per heavy atom. The first-order chi connectivity index (χ1) is 14.0. The molecule has 0 radical (unpaired) electrons. The highest BCUT2D eigenvalue weighted by atomic mass is 16.2. The van der Waals surface area contributed by atoms with E-state index in [0.717, 1.165) is 35.9 Å². The summed E-state index contributed by atoms with van der Waals surface area (Å²) < 4.78 is 1.71. The van der Waals surface area contributed by atoms with Crippen molar-refractivity contribution in [3.05, 3.63) is 59.9 Å². The first-order valence-corrected chi connectivity index (χ1v) is 9.69. The molecule has 8 heteroatoms. The third-order valence-electron chi connectivity index (χ3n) is 5.12. The number of benzene rings is 1. The van der Waals surface area contributed by atoms with Crippen molar-refractivity contribution < 1.29 is 4.79 Å². The summed E-state index contributed by atoms with van der Waals surface area (Å²) in [6, 6.07) is 13.5. The van der Waals surface area contributed by atoms with E-state index in [1.165, 1.54) is 0 Å². The molecule has 0 saturated carbocycles. The molecule has 0 atom stereocenters. The van der Waals surface area contributed by atoms with Crippen LogP contribution in [-0.2, 0) is 0 Å². The van der Waals surface area contributed by atoms with Crippen LogP contribution in [0.15, 0.2) is 48.7 Å². The van der Waals surface area contributed by atoms with Crippen LogP contribution in [0.5, 0.6) is 0 Å². The highest BCUT2D eigenvalue weighted by Gasteiger charge is 2.23. The molecule has 0 aliphatic carbocycles. The molecule has 0 spiro atoms. The van der Waals surface area contributed by atoms with Crippen molar-refractivity contribution in [1.29, 1.82) is 0 Å². The second kappa shape index (κ2) is 7.90. The van der Waals surface area contributed by atoms with E-state index in [1.54, 1.807) is 4.68 Å². The average molecular weight is 391 g/mol. The Balaban J connectivity index is 1.37. The second-order valence-electron chi connectivity index (χ2n) is 7.37. The standard InChI is InChI=1S/C21H25N7O/c1-16-10-11-28(24-16)20-9-8-19(22-23-20)26-12-14-27(15-13-26)21(29)17-4-6-18(7-5-17)25(2)3/h4-11H,12-15H2,1-3H3. The summed E-state index contributed by atoms with van der Waals surface area (Å²) in [7, 11) is 3.98. The number of carbonyl (C=O) groups excluding carboxylic acids is 1. The van der Waals surface area contributed by atoms with Crippen molar-refractivity contribution in [3.8, 4) is 5.82 Å². The SMILES string of the molecule is Cc1ccn(-c2ccc(N3CCN(C(=O)c4ccc(N(C)C)cc4)CC3)nn2)n1. The summed E-state index contributed by atoms with van der Waals surface area (Å²) in [5.74, 6) is 1.59. The minimum atomic E-state index is 0.0745. The molecule has 2 aromatic heterocycles. The van der Waals surface area contributed by atoms with Gasteiger partial charge in [-0.25, -0.2) is 4.68 Å². The van der Waals surface area contributed by atoms with Crippen molar-refractivity contribution in [2.75, 3.05) is 50.1 Å². The van der Waals surface area contributed by atoms with E-state index in [9.17, 15) is 4.79 Å². The number of carbonyl (C=O) groups is 1. The molecule has 1 saturated heterocycles. The van der Waals surface area contributed by atoms with Gasteiger partial charge in [-0.2, -0.15) is 5.10 Å². The fourth-order valence-corrected chi connectivity index (χ4v) is 3.38. The Bertz CT molecular complexity index is 971. The van der Waals surface area contributed by atoms with E-state index >= 15 is 0 Å². The van der Waals surface area contributed by atoms with E-state index in [2.05, 4.69) is 20.2 Å². The lowest BCUT2D eigenvalue weighted by molar-refractivity contribution is 0.0746. The van der Waals surface area contributed by atoms with Crippen LogP contribution < -0.4 is 9.80 Å². The summed E-state index contributed by atoms with van der Waals surface area (Å²) >= 11 is 0. The van der Waals surface area contributed by atoms with Gasteiger partial charge < -0.3 is 14.7 Å². The van der Waals surface area contributed by atoms with Gasteiger partial charge in [-0.05, 0) is 49.4 Å². The summed E-state index contributed by atoms with van der Waals surface area (Å²) in [5.41, 5.74) is 2.74. The van der Waals surface area contributed by atoms with Crippen LogP contribution in [-0.4, -0.2) is 71.1 Å². The smallest absolute Gasteiger partial charge is 0.253 e. The third kappa shape index (κ3) is 4.06. The Morgan fingerprint density at radius 2 is 1.55 bits per heavy atom. The molecule has 0 unspecified atom stereocenters. The lowest BCUT2D eigenvalue weighted by atomic mass is 10.1. The first kappa shape index (κ1) is 18.9. The maximum atomic E-state index is 12.8. The van der Waals surface area contributed by atoms with Crippen molar-refractivity contribution in [2.24, 2.45) is 0 Å². The normalized spacial score (nSPS) is 14.2. The van der Waals surface area contributed by atoms with Crippen molar-refractivity contribution in [1.82, 2.24) is 24.9 Å². The number of amides is 1. The van der Waals surface area contributed by atoms with Gasteiger partial charge >= 0.3 is 0 Å². The molecule has 8 nitrogen and oxygen atoms in total. The maximum absolute atomic E-state index is 12.8.